The summed E-state index contributed by atoms with van der Waals surface area (Å²) in [6.45, 7) is 2.29. The fraction of sp³-hybridized carbons (Fsp3) is 0.727. The number of aryl methyl sites for hydroxylation is 1. The number of rotatable bonds is 15. The molecule has 0 aliphatic heterocycles. The first-order chi connectivity index (χ1) is 10.9. The van der Waals surface area contributed by atoms with Crippen molar-refractivity contribution in [3.63, 3.8) is 0 Å². The zero-order valence-electron chi connectivity index (χ0n) is 15.6. The van der Waals surface area contributed by atoms with Crippen LogP contribution < -0.4 is 0 Å². The van der Waals surface area contributed by atoms with Crippen molar-refractivity contribution >= 4 is 0 Å². The molecule has 0 saturated heterocycles. The van der Waals surface area contributed by atoms with E-state index in [-0.39, 0.29) is 19.5 Å². The second kappa shape index (κ2) is 18.2. The van der Waals surface area contributed by atoms with Gasteiger partial charge in [0.25, 0.3) is 0 Å². The van der Waals surface area contributed by atoms with Crippen LogP contribution in [0.2, 0.25) is 0 Å². The second-order valence-corrected chi connectivity index (χ2v) is 6.73. The van der Waals surface area contributed by atoms with E-state index in [1.807, 2.05) is 6.07 Å². The summed E-state index contributed by atoms with van der Waals surface area (Å²) < 4.78 is 0. The molecule has 0 saturated carbocycles. The van der Waals surface area contributed by atoms with E-state index in [9.17, 15) is 0 Å². The molecule has 23 heavy (non-hydrogen) atoms. The number of benzene rings is 1. The standard InChI is InChI=1S/C22H37.Zn/c1-2-3-4-5-6-7-8-9-10-11-12-13-14-16-19-22-20-17-15-18-21-22;/h15,17-18,20H,2-14,16,19H2,1H3;/q-1;. The summed E-state index contributed by atoms with van der Waals surface area (Å²) in [4.78, 5) is 0. The molecule has 0 heterocycles. The largest absolute Gasteiger partial charge is 0.180 e. The molecule has 0 unspecified atom stereocenters. The van der Waals surface area contributed by atoms with E-state index < -0.39 is 0 Å². The summed E-state index contributed by atoms with van der Waals surface area (Å²) in [5.74, 6) is 0. The molecule has 0 N–H and O–H groups in total. The number of hydrogen-bond acceptors (Lipinski definition) is 0. The van der Waals surface area contributed by atoms with Gasteiger partial charge in [-0.1, -0.05) is 103 Å². The maximum atomic E-state index is 3.32. The van der Waals surface area contributed by atoms with Crippen LogP contribution in [0.1, 0.15) is 102 Å². The van der Waals surface area contributed by atoms with Gasteiger partial charge in [-0.2, -0.15) is 35.9 Å². The van der Waals surface area contributed by atoms with Crippen molar-refractivity contribution in [3.05, 3.63) is 35.9 Å². The summed E-state index contributed by atoms with van der Waals surface area (Å²) in [5, 5.41) is 0. The molecule has 0 nitrogen and oxygen atoms in total. The molecule has 1 rings (SSSR count). The molecule has 0 atom stereocenters. The van der Waals surface area contributed by atoms with E-state index in [0.29, 0.717) is 0 Å². The van der Waals surface area contributed by atoms with Gasteiger partial charge in [-0.3, -0.25) is 0 Å². The monoisotopic (exact) mass is 365 g/mol. The Labute approximate surface area is 158 Å². The molecule has 1 aromatic rings. The normalized spacial score (nSPS) is 10.5. The zero-order valence-corrected chi connectivity index (χ0v) is 18.6. The van der Waals surface area contributed by atoms with Crippen LogP contribution in [0.5, 0.6) is 0 Å². The molecule has 0 spiro atoms. The third kappa shape index (κ3) is 15.1. The smallest absolute Gasteiger partial charge is 0 e. The van der Waals surface area contributed by atoms with Crippen molar-refractivity contribution in [3.8, 4) is 0 Å². The Morgan fingerprint density at radius 1 is 0.652 bits per heavy atom. The molecular formula is C22H37Zn-. The summed E-state index contributed by atoms with van der Waals surface area (Å²) in [6.07, 6.45) is 21.3. The van der Waals surface area contributed by atoms with E-state index in [2.05, 4.69) is 31.2 Å². The average Bonchev–Trinajstić information content (AvgIpc) is 2.56. The average molecular weight is 367 g/mol. The van der Waals surface area contributed by atoms with Crippen molar-refractivity contribution in [1.82, 2.24) is 0 Å². The van der Waals surface area contributed by atoms with Crippen LogP contribution in [0.25, 0.3) is 0 Å². The Morgan fingerprint density at radius 3 is 1.57 bits per heavy atom. The molecule has 128 valence electrons. The minimum Gasteiger partial charge on any atom is -0.180 e. The zero-order chi connectivity index (χ0) is 15.7. The Balaban J connectivity index is 0.00000484. The van der Waals surface area contributed by atoms with Gasteiger partial charge in [0.15, 0.2) is 0 Å². The number of hydrogen-bond donors (Lipinski definition) is 0. The van der Waals surface area contributed by atoms with Gasteiger partial charge < -0.3 is 0 Å². The van der Waals surface area contributed by atoms with Crippen molar-refractivity contribution in [2.75, 3.05) is 0 Å². The first kappa shape index (κ1) is 22.8. The quantitative estimate of drug-likeness (QED) is 0.171. The van der Waals surface area contributed by atoms with Crippen LogP contribution >= 0.6 is 0 Å². The van der Waals surface area contributed by atoms with Gasteiger partial charge in [0.05, 0.1) is 0 Å². The van der Waals surface area contributed by atoms with Crippen LogP contribution in [0, 0.1) is 6.07 Å². The van der Waals surface area contributed by atoms with Gasteiger partial charge in [-0.15, -0.1) is 0 Å². The van der Waals surface area contributed by atoms with Gasteiger partial charge in [0, 0.05) is 19.5 Å². The van der Waals surface area contributed by atoms with Gasteiger partial charge in [0.2, 0.25) is 0 Å². The van der Waals surface area contributed by atoms with Crippen molar-refractivity contribution in [2.24, 2.45) is 0 Å². The molecule has 1 heteroatoms. The van der Waals surface area contributed by atoms with Gasteiger partial charge >= 0.3 is 0 Å². The van der Waals surface area contributed by atoms with Gasteiger partial charge in [-0.25, -0.2) is 0 Å². The van der Waals surface area contributed by atoms with Crippen LogP contribution in [0.15, 0.2) is 24.3 Å². The maximum Gasteiger partial charge on any atom is 0 e. The predicted molar refractivity (Wildman–Crippen MR) is 99.3 cm³/mol. The Kier molecular flexibility index (Phi) is 18.1. The first-order valence-corrected chi connectivity index (χ1v) is 9.89. The minimum atomic E-state index is 0. The van der Waals surface area contributed by atoms with Crippen LogP contribution in [0.3, 0.4) is 0 Å². The fourth-order valence-electron chi connectivity index (χ4n) is 3.10. The van der Waals surface area contributed by atoms with E-state index in [0.717, 1.165) is 0 Å². The van der Waals surface area contributed by atoms with Crippen LogP contribution in [-0.2, 0) is 25.9 Å². The van der Waals surface area contributed by atoms with Gasteiger partial charge in [0.1, 0.15) is 0 Å². The molecule has 0 fully saturated rings. The molecule has 1 aromatic carbocycles. The molecular weight excluding hydrogens is 330 g/mol. The molecule has 0 aromatic heterocycles. The topological polar surface area (TPSA) is 0 Å². The number of unbranched alkanes of at least 4 members (excludes halogenated alkanes) is 13. The Hall–Kier alpha value is -0.157. The third-order valence-electron chi connectivity index (χ3n) is 4.57. The van der Waals surface area contributed by atoms with E-state index >= 15 is 0 Å². The van der Waals surface area contributed by atoms with Crippen molar-refractivity contribution < 1.29 is 19.5 Å². The first-order valence-electron chi connectivity index (χ1n) is 9.89. The summed E-state index contributed by atoms with van der Waals surface area (Å²) in [7, 11) is 0. The van der Waals surface area contributed by atoms with E-state index in [1.165, 1.54) is 102 Å². The molecule has 0 amide bonds. The Bertz CT molecular complexity index is 320. The molecule has 0 aliphatic rings. The summed E-state index contributed by atoms with van der Waals surface area (Å²) in [6, 6.07) is 11.7. The third-order valence-corrected chi connectivity index (χ3v) is 4.57. The molecule has 0 aliphatic carbocycles. The SMILES string of the molecule is CCCCCCCCCCCCCCCCc1[c-]cccc1.[Zn]. The van der Waals surface area contributed by atoms with Crippen LogP contribution in [0.4, 0.5) is 0 Å². The molecule has 0 bridgehead atoms. The van der Waals surface area contributed by atoms with Crippen molar-refractivity contribution in [2.45, 2.75) is 103 Å². The van der Waals surface area contributed by atoms with Crippen LogP contribution in [-0.4, -0.2) is 0 Å². The van der Waals surface area contributed by atoms with Gasteiger partial charge in [-0.05, 0) is 0 Å². The maximum absolute atomic E-state index is 3.32. The van der Waals surface area contributed by atoms with E-state index in [4.69, 9.17) is 0 Å². The summed E-state index contributed by atoms with van der Waals surface area (Å²) >= 11 is 0. The minimum absolute atomic E-state index is 0. The van der Waals surface area contributed by atoms with Crippen molar-refractivity contribution in [1.29, 1.82) is 0 Å². The van der Waals surface area contributed by atoms with E-state index in [1.54, 1.807) is 0 Å². The summed E-state index contributed by atoms with van der Waals surface area (Å²) in [5.41, 5.74) is 1.38. The second-order valence-electron chi connectivity index (χ2n) is 6.73. The fourth-order valence-corrected chi connectivity index (χ4v) is 3.10. The Morgan fingerprint density at radius 2 is 1.13 bits per heavy atom. The molecule has 0 radical (unpaired) electrons. The predicted octanol–water partition coefficient (Wildman–Crippen LogP) is 7.51.